The Hall–Kier alpha value is -3.74. The van der Waals surface area contributed by atoms with E-state index in [-0.39, 0.29) is 42.0 Å². The van der Waals surface area contributed by atoms with Crippen LogP contribution in [0.4, 0.5) is 4.39 Å². The summed E-state index contributed by atoms with van der Waals surface area (Å²) in [5.74, 6) is -2.19. The summed E-state index contributed by atoms with van der Waals surface area (Å²) in [6.07, 6.45) is 0.472. The first-order valence-electron chi connectivity index (χ1n) is 11.5. The van der Waals surface area contributed by atoms with Crippen molar-refractivity contribution in [3.8, 4) is 16.9 Å². The molecule has 0 N–H and O–H groups in total. The Morgan fingerprint density at radius 1 is 0.889 bits per heavy atom. The van der Waals surface area contributed by atoms with Crippen LogP contribution < -0.4 is 4.74 Å². The van der Waals surface area contributed by atoms with E-state index in [0.29, 0.717) is 17.5 Å². The number of ether oxygens (including phenoxy) is 3. The van der Waals surface area contributed by atoms with E-state index in [9.17, 15) is 18.8 Å². The monoisotopic (exact) mass is 496 g/mol. The van der Waals surface area contributed by atoms with Gasteiger partial charge in [0, 0.05) is 28.7 Å². The van der Waals surface area contributed by atoms with Gasteiger partial charge in [-0.25, -0.2) is 14.0 Å². The summed E-state index contributed by atoms with van der Waals surface area (Å²) in [7, 11) is 0. The molecule has 6 nitrogen and oxygen atoms in total. The van der Waals surface area contributed by atoms with Gasteiger partial charge in [-0.05, 0) is 64.3 Å². The van der Waals surface area contributed by atoms with Crippen LogP contribution in [-0.4, -0.2) is 31.1 Å². The van der Waals surface area contributed by atoms with E-state index in [1.54, 1.807) is 39.8 Å². The lowest BCUT2D eigenvalue weighted by Crippen LogP contribution is -2.28. The SMILES string of the molecule is C=C(C)C(=O)OCC(COC(=O)C(C)(C)C)Cc1ccc(-c2ccc(OC(=O)C(=C)C)cc2F)cc1. The molecule has 1 unspecified atom stereocenters. The molecule has 0 aliphatic heterocycles. The van der Waals surface area contributed by atoms with E-state index < -0.39 is 23.2 Å². The highest BCUT2D eigenvalue weighted by atomic mass is 19.1. The van der Waals surface area contributed by atoms with E-state index >= 15 is 0 Å². The normalized spacial score (nSPS) is 11.8. The van der Waals surface area contributed by atoms with Crippen LogP contribution in [0.2, 0.25) is 0 Å². The molecule has 0 amide bonds. The molecule has 0 fully saturated rings. The number of carbonyl (C=O) groups excluding carboxylic acids is 3. The Morgan fingerprint density at radius 3 is 2.00 bits per heavy atom. The lowest BCUT2D eigenvalue weighted by atomic mass is 9.96. The summed E-state index contributed by atoms with van der Waals surface area (Å²) in [4.78, 5) is 35.7. The lowest BCUT2D eigenvalue weighted by molar-refractivity contribution is -0.155. The molecule has 0 radical (unpaired) electrons. The predicted molar refractivity (Wildman–Crippen MR) is 136 cm³/mol. The predicted octanol–water partition coefficient (Wildman–Crippen LogP) is 5.84. The minimum absolute atomic E-state index is 0.0594. The van der Waals surface area contributed by atoms with E-state index in [1.165, 1.54) is 19.1 Å². The number of halogens is 1. The van der Waals surface area contributed by atoms with Gasteiger partial charge in [0.15, 0.2) is 0 Å². The number of rotatable bonds is 10. The minimum atomic E-state index is -0.650. The zero-order valence-electron chi connectivity index (χ0n) is 21.5. The van der Waals surface area contributed by atoms with Crippen molar-refractivity contribution >= 4 is 17.9 Å². The molecule has 0 heterocycles. The van der Waals surface area contributed by atoms with Crippen molar-refractivity contribution in [2.75, 3.05) is 13.2 Å². The van der Waals surface area contributed by atoms with Gasteiger partial charge in [-0.1, -0.05) is 37.4 Å². The average Bonchev–Trinajstić information content (AvgIpc) is 2.80. The summed E-state index contributed by atoms with van der Waals surface area (Å²) in [5, 5.41) is 0. The summed E-state index contributed by atoms with van der Waals surface area (Å²) in [6, 6.07) is 11.4. The number of esters is 3. The van der Waals surface area contributed by atoms with E-state index in [2.05, 4.69) is 13.2 Å². The van der Waals surface area contributed by atoms with Crippen LogP contribution in [0.25, 0.3) is 11.1 Å². The molecule has 192 valence electrons. The van der Waals surface area contributed by atoms with Gasteiger partial charge in [-0.2, -0.15) is 0 Å². The Balaban J connectivity index is 2.13. The van der Waals surface area contributed by atoms with Crippen LogP contribution in [0.15, 0.2) is 66.8 Å². The van der Waals surface area contributed by atoms with Crippen molar-refractivity contribution in [3.05, 3.63) is 78.1 Å². The molecule has 0 saturated heterocycles. The number of benzene rings is 2. The first kappa shape index (κ1) is 28.5. The molecule has 2 aromatic carbocycles. The van der Waals surface area contributed by atoms with Crippen molar-refractivity contribution in [2.45, 2.75) is 41.0 Å². The molecule has 2 aromatic rings. The molecule has 0 bridgehead atoms. The van der Waals surface area contributed by atoms with Crippen molar-refractivity contribution in [1.29, 1.82) is 0 Å². The van der Waals surface area contributed by atoms with Crippen LogP contribution in [-0.2, 0) is 30.3 Å². The third-order valence-electron chi connectivity index (χ3n) is 5.15. The second kappa shape index (κ2) is 12.3. The highest BCUT2D eigenvalue weighted by Gasteiger charge is 2.25. The summed E-state index contributed by atoms with van der Waals surface area (Å²) in [5.41, 5.74) is 1.74. The van der Waals surface area contributed by atoms with Crippen molar-refractivity contribution in [3.63, 3.8) is 0 Å². The first-order chi connectivity index (χ1) is 16.8. The molecule has 0 aliphatic carbocycles. The molecule has 1 atom stereocenters. The zero-order valence-corrected chi connectivity index (χ0v) is 21.5. The maximum absolute atomic E-state index is 14.7. The summed E-state index contributed by atoms with van der Waals surface area (Å²) < 4.78 is 30.5. The Morgan fingerprint density at radius 2 is 1.47 bits per heavy atom. The van der Waals surface area contributed by atoms with Gasteiger partial charge >= 0.3 is 17.9 Å². The quantitative estimate of drug-likeness (QED) is 0.234. The van der Waals surface area contributed by atoms with Gasteiger partial charge in [0.05, 0.1) is 18.6 Å². The molecular formula is C29H33FO6. The molecule has 7 heteroatoms. The molecule has 0 saturated carbocycles. The summed E-state index contributed by atoms with van der Waals surface area (Å²) in [6.45, 7) is 15.6. The number of carbonyl (C=O) groups is 3. The van der Waals surface area contributed by atoms with Crippen LogP contribution in [0, 0.1) is 17.2 Å². The molecule has 0 aromatic heterocycles. The Bertz CT molecular complexity index is 1140. The third kappa shape index (κ3) is 8.48. The van der Waals surface area contributed by atoms with E-state index in [0.717, 1.165) is 11.6 Å². The van der Waals surface area contributed by atoms with Crippen molar-refractivity contribution in [2.24, 2.45) is 11.3 Å². The van der Waals surface area contributed by atoms with Gasteiger partial charge in [-0.3, -0.25) is 4.79 Å². The fourth-order valence-corrected chi connectivity index (χ4v) is 3.03. The smallest absolute Gasteiger partial charge is 0.338 e. The third-order valence-corrected chi connectivity index (χ3v) is 5.15. The Kier molecular flexibility index (Phi) is 9.73. The largest absolute Gasteiger partial charge is 0.465 e. The standard InChI is InChI=1S/C29H33FO6/c1-18(2)26(31)34-16-21(17-35-28(33)29(5,6)7)14-20-8-10-22(11-9-20)24-13-12-23(15-25(24)30)36-27(32)19(3)4/h8-13,15,21H,1,3,14,16-17H2,2,4-7H3. The van der Waals surface area contributed by atoms with Gasteiger partial charge in [-0.15, -0.1) is 0 Å². The van der Waals surface area contributed by atoms with Crippen LogP contribution in [0.1, 0.15) is 40.2 Å². The van der Waals surface area contributed by atoms with Crippen LogP contribution >= 0.6 is 0 Å². The van der Waals surface area contributed by atoms with Crippen LogP contribution in [0.5, 0.6) is 5.75 Å². The molecule has 0 spiro atoms. The molecular weight excluding hydrogens is 463 g/mol. The van der Waals surface area contributed by atoms with Crippen LogP contribution in [0.3, 0.4) is 0 Å². The van der Waals surface area contributed by atoms with Gasteiger partial charge in [0.1, 0.15) is 11.6 Å². The highest BCUT2D eigenvalue weighted by molar-refractivity contribution is 5.89. The zero-order chi connectivity index (χ0) is 27.0. The van der Waals surface area contributed by atoms with Gasteiger partial charge < -0.3 is 14.2 Å². The summed E-state index contributed by atoms with van der Waals surface area (Å²) >= 11 is 0. The molecule has 2 rings (SSSR count). The first-order valence-corrected chi connectivity index (χ1v) is 11.5. The number of hydrogen-bond donors (Lipinski definition) is 0. The average molecular weight is 497 g/mol. The second-order valence-corrected chi connectivity index (χ2v) is 9.81. The highest BCUT2D eigenvalue weighted by Crippen LogP contribution is 2.27. The fraction of sp³-hybridized carbons (Fsp3) is 0.345. The van der Waals surface area contributed by atoms with Gasteiger partial charge in [0.2, 0.25) is 0 Å². The number of hydrogen-bond acceptors (Lipinski definition) is 6. The maximum Gasteiger partial charge on any atom is 0.338 e. The van der Waals surface area contributed by atoms with Crippen molar-refractivity contribution < 1.29 is 33.0 Å². The minimum Gasteiger partial charge on any atom is -0.465 e. The van der Waals surface area contributed by atoms with Gasteiger partial charge in [0.25, 0.3) is 0 Å². The van der Waals surface area contributed by atoms with Crippen molar-refractivity contribution in [1.82, 2.24) is 0 Å². The molecule has 36 heavy (non-hydrogen) atoms. The molecule has 0 aliphatic rings. The van der Waals surface area contributed by atoms with E-state index in [4.69, 9.17) is 14.2 Å². The maximum atomic E-state index is 14.7. The second-order valence-electron chi connectivity index (χ2n) is 9.81. The lowest BCUT2D eigenvalue weighted by Gasteiger charge is -2.21. The Labute approximate surface area is 211 Å². The topological polar surface area (TPSA) is 78.9 Å². The van der Waals surface area contributed by atoms with E-state index in [1.807, 2.05) is 12.1 Å². The fourth-order valence-electron chi connectivity index (χ4n) is 3.03.